The van der Waals surface area contributed by atoms with Crippen molar-refractivity contribution in [1.82, 2.24) is 0 Å². The highest BCUT2D eigenvalue weighted by molar-refractivity contribution is 6.34. The van der Waals surface area contributed by atoms with E-state index in [0.717, 1.165) is 5.56 Å². The van der Waals surface area contributed by atoms with Crippen LogP contribution in [0, 0.1) is 18.3 Å². The summed E-state index contributed by atoms with van der Waals surface area (Å²) < 4.78 is 5.64. The van der Waals surface area contributed by atoms with Crippen molar-refractivity contribution < 1.29 is 14.3 Å². The van der Waals surface area contributed by atoms with Crippen LogP contribution < -0.4 is 15.4 Å². The number of benzene rings is 3. The molecule has 0 saturated heterocycles. The average Bonchev–Trinajstić information content (AvgIpc) is 2.80. The van der Waals surface area contributed by atoms with Crippen molar-refractivity contribution in [1.29, 1.82) is 5.26 Å². The first kappa shape index (κ1) is 23.9. The molecule has 0 bridgehead atoms. The Bertz CT molecular complexity index is 1270. The first-order chi connectivity index (χ1) is 15.9. The quantitative estimate of drug-likeness (QED) is 0.327. The van der Waals surface area contributed by atoms with Gasteiger partial charge in [0.15, 0.2) is 6.61 Å². The summed E-state index contributed by atoms with van der Waals surface area (Å²) in [6.45, 7) is 1.59. The molecule has 2 amide bonds. The third kappa shape index (κ3) is 6.59. The van der Waals surface area contributed by atoms with Gasteiger partial charge < -0.3 is 15.4 Å². The molecule has 0 aliphatic rings. The molecule has 2 N–H and O–H groups in total. The number of rotatable bonds is 7. The van der Waals surface area contributed by atoms with E-state index in [1.54, 1.807) is 66.7 Å². The van der Waals surface area contributed by atoms with Gasteiger partial charge >= 0.3 is 0 Å². The topological polar surface area (TPSA) is 91.2 Å². The molecule has 0 fully saturated rings. The number of hydrogen-bond donors (Lipinski definition) is 2. The molecule has 0 atom stereocenters. The summed E-state index contributed by atoms with van der Waals surface area (Å²) in [4.78, 5) is 24.8. The standard InChI is InChI=1S/C25H19Cl2N3O3/c1-16-10-11-19(13-21(16)27)29-24(31)15-33-23-9-5-2-6-17(23)12-18(14-28)25(32)30-22-8-4-3-7-20(22)26/h2-13H,15H2,1H3,(H,29,31)(H,30,32)/b18-12+. The highest BCUT2D eigenvalue weighted by Gasteiger charge is 2.13. The van der Waals surface area contributed by atoms with Crippen LogP contribution in [0.5, 0.6) is 5.75 Å². The lowest BCUT2D eigenvalue weighted by atomic mass is 10.1. The second kappa shape index (κ2) is 11.2. The fraction of sp³-hybridized carbons (Fsp3) is 0.0800. The third-order valence-corrected chi connectivity index (χ3v) is 5.26. The zero-order chi connectivity index (χ0) is 23.8. The van der Waals surface area contributed by atoms with E-state index in [9.17, 15) is 14.9 Å². The maximum Gasteiger partial charge on any atom is 0.266 e. The van der Waals surface area contributed by atoms with Gasteiger partial charge in [0.2, 0.25) is 0 Å². The van der Waals surface area contributed by atoms with Gasteiger partial charge in [-0.25, -0.2) is 0 Å². The monoisotopic (exact) mass is 479 g/mol. The molecular weight excluding hydrogens is 461 g/mol. The zero-order valence-corrected chi connectivity index (χ0v) is 19.1. The van der Waals surface area contributed by atoms with Crippen molar-refractivity contribution in [2.24, 2.45) is 0 Å². The van der Waals surface area contributed by atoms with E-state index < -0.39 is 5.91 Å². The van der Waals surface area contributed by atoms with Crippen LogP contribution >= 0.6 is 23.2 Å². The van der Waals surface area contributed by atoms with Crippen molar-refractivity contribution >= 4 is 52.5 Å². The second-order valence-corrected chi connectivity index (χ2v) is 7.76. The van der Waals surface area contributed by atoms with Gasteiger partial charge in [-0.2, -0.15) is 5.26 Å². The minimum atomic E-state index is -0.616. The van der Waals surface area contributed by atoms with E-state index in [0.29, 0.717) is 32.7 Å². The molecule has 0 aliphatic carbocycles. The van der Waals surface area contributed by atoms with Gasteiger partial charge in [0.1, 0.15) is 17.4 Å². The van der Waals surface area contributed by atoms with E-state index in [4.69, 9.17) is 27.9 Å². The first-order valence-corrected chi connectivity index (χ1v) is 10.6. The lowest BCUT2D eigenvalue weighted by Crippen LogP contribution is -2.20. The maximum absolute atomic E-state index is 12.6. The molecule has 3 rings (SSSR count). The third-order valence-electron chi connectivity index (χ3n) is 4.52. The number of carbonyl (C=O) groups is 2. The van der Waals surface area contributed by atoms with Crippen LogP contribution in [0.3, 0.4) is 0 Å². The van der Waals surface area contributed by atoms with Gasteiger partial charge in [-0.15, -0.1) is 0 Å². The molecule has 0 aliphatic heterocycles. The number of anilines is 2. The highest BCUT2D eigenvalue weighted by Crippen LogP contribution is 2.24. The zero-order valence-electron chi connectivity index (χ0n) is 17.6. The lowest BCUT2D eigenvalue weighted by Gasteiger charge is -2.11. The fourth-order valence-corrected chi connectivity index (χ4v) is 3.16. The predicted octanol–water partition coefficient (Wildman–Crippen LogP) is 5.87. The van der Waals surface area contributed by atoms with Gasteiger partial charge in [-0.1, -0.05) is 59.6 Å². The molecule has 0 spiro atoms. The van der Waals surface area contributed by atoms with Crippen LogP contribution in [0.15, 0.2) is 72.3 Å². The van der Waals surface area contributed by atoms with Crippen molar-refractivity contribution in [2.45, 2.75) is 6.92 Å². The number of carbonyl (C=O) groups excluding carboxylic acids is 2. The SMILES string of the molecule is Cc1ccc(NC(=O)COc2ccccc2/C=C(\C#N)C(=O)Nc2ccccc2Cl)cc1Cl. The number of amides is 2. The summed E-state index contributed by atoms with van der Waals surface area (Å²) in [6, 6.07) is 20.6. The molecular formula is C25H19Cl2N3O3. The molecule has 0 saturated carbocycles. The van der Waals surface area contributed by atoms with Crippen LogP contribution in [0.1, 0.15) is 11.1 Å². The molecule has 166 valence electrons. The summed E-state index contributed by atoms with van der Waals surface area (Å²) in [5.41, 5.74) is 2.16. The fourth-order valence-electron chi connectivity index (χ4n) is 2.80. The van der Waals surface area contributed by atoms with Crippen molar-refractivity contribution in [3.63, 3.8) is 0 Å². The van der Waals surface area contributed by atoms with Crippen LogP contribution in [0.2, 0.25) is 10.0 Å². The Hall–Kier alpha value is -3.79. The van der Waals surface area contributed by atoms with Crippen LogP contribution in [0.4, 0.5) is 11.4 Å². The van der Waals surface area contributed by atoms with Gasteiger partial charge in [0.05, 0.1) is 10.7 Å². The largest absolute Gasteiger partial charge is 0.483 e. The Morgan fingerprint density at radius 3 is 2.45 bits per heavy atom. The number of para-hydroxylation sites is 2. The lowest BCUT2D eigenvalue weighted by molar-refractivity contribution is -0.118. The summed E-state index contributed by atoms with van der Waals surface area (Å²) >= 11 is 12.1. The summed E-state index contributed by atoms with van der Waals surface area (Å²) in [6.07, 6.45) is 1.39. The van der Waals surface area contributed by atoms with Crippen molar-refractivity contribution in [2.75, 3.05) is 17.2 Å². The van der Waals surface area contributed by atoms with E-state index in [1.165, 1.54) is 6.08 Å². The minimum Gasteiger partial charge on any atom is -0.483 e. The van der Waals surface area contributed by atoms with Gasteiger partial charge in [0, 0.05) is 16.3 Å². The molecule has 3 aromatic rings. The van der Waals surface area contributed by atoms with Crippen LogP contribution in [-0.2, 0) is 9.59 Å². The van der Waals surface area contributed by atoms with E-state index >= 15 is 0 Å². The number of halogens is 2. The molecule has 8 heteroatoms. The first-order valence-electron chi connectivity index (χ1n) is 9.83. The molecule has 0 unspecified atom stereocenters. The van der Waals surface area contributed by atoms with Gasteiger partial charge in [-0.3, -0.25) is 9.59 Å². The minimum absolute atomic E-state index is 0.148. The number of hydrogen-bond acceptors (Lipinski definition) is 4. The molecule has 33 heavy (non-hydrogen) atoms. The average molecular weight is 480 g/mol. The number of ether oxygens (including phenoxy) is 1. The summed E-state index contributed by atoms with van der Waals surface area (Å²) in [5, 5.41) is 15.7. The number of nitriles is 1. The molecule has 0 radical (unpaired) electrons. The normalized spacial score (nSPS) is 10.8. The van der Waals surface area contributed by atoms with Crippen LogP contribution in [-0.4, -0.2) is 18.4 Å². The Morgan fingerprint density at radius 2 is 1.73 bits per heavy atom. The highest BCUT2D eigenvalue weighted by atomic mass is 35.5. The smallest absolute Gasteiger partial charge is 0.266 e. The Morgan fingerprint density at radius 1 is 1.00 bits per heavy atom. The van der Waals surface area contributed by atoms with Crippen molar-refractivity contribution in [3.8, 4) is 11.8 Å². The molecule has 6 nitrogen and oxygen atoms in total. The second-order valence-electron chi connectivity index (χ2n) is 6.94. The van der Waals surface area contributed by atoms with Gasteiger partial charge in [0.25, 0.3) is 11.8 Å². The molecule has 3 aromatic carbocycles. The van der Waals surface area contributed by atoms with E-state index in [2.05, 4.69) is 10.6 Å². The number of nitrogens with zero attached hydrogens (tertiary/aromatic N) is 1. The van der Waals surface area contributed by atoms with E-state index in [1.807, 2.05) is 13.0 Å². The van der Waals surface area contributed by atoms with Crippen molar-refractivity contribution in [3.05, 3.63) is 93.5 Å². The maximum atomic E-state index is 12.6. The van der Waals surface area contributed by atoms with Gasteiger partial charge in [-0.05, 0) is 48.9 Å². The number of aryl methyl sites for hydroxylation is 1. The predicted molar refractivity (Wildman–Crippen MR) is 130 cm³/mol. The van der Waals surface area contributed by atoms with Crippen LogP contribution in [0.25, 0.3) is 6.08 Å². The number of nitrogens with one attached hydrogen (secondary N) is 2. The summed E-state index contributed by atoms with van der Waals surface area (Å²) in [7, 11) is 0. The molecule has 0 heterocycles. The Labute approximate surface area is 201 Å². The summed E-state index contributed by atoms with van der Waals surface area (Å²) in [5.74, 6) is -0.659. The molecule has 0 aromatic heterocycles. The van der Waals surface area contributed by atoms with E-state index in [-0.39, 0.29) is 18.1 Å². The Balaban J connectivity index is 1.70. The Kier molecular flexibility index (Phi) is 8.09.